The molecule has 1 heterocycles. The lowest BCUT2D eigenvalue weighted by molar-refractivity contribution is 0.515. The summed E-state index contributed by atoms with van der Waals surface area (Å²) in [6.07, 6.45) is 1.13. The van der Waals surface area contributed by atoms with E-state index in [4.69, 9.17) is 0 Å². The third-order valence-corrected chi connectivity index (χ3v) is 4.42. The molecule has 0 radical (unpaired) electrons. The molecule has 1 aromatic carbocycles. The Kier molecular flexibility index (Phi) is 5.81. The average Bonchev–Trinajstić information content (AvgIpc) is 2.91. The highest BCUT2D eigenvalue weighted by Crippen LogP contribution is 2.23. The van der Waals surface area contributed by atoms with Gasteiger partial charge in [0.25, 0.3) is 0 Å². The minimum atomic E-state index is 0.563. The number of nitrogens with one attached hydrogen (secondary N) is 1. The summed E-state index contributed by atoms with van der Waals surface area (Å²) in [5, 5.41) is 5.78. The first-order valence-electron chi connectivity index (χ1n) is 7.45. The van der Waals surface area contributed by atoms with Gasteiger partial charge in [-0.1, -0.05) is 49.7 Å². The lowest BCUT2D eigenvalue weighted by Gasteiger charge is -2.19. The predicted octanol–water partition coefficient (Wildman–Crippen LogP) is 4.63. The molecule has 2 heteroatoms. The van der Waals surface area contributed by atoms with Crippen LogP contribution in [0.15, 0.2) is 41.8 Å². The summed E-state index contributed by atoms with van der Waals surface area (Å²) in [7, 11) is 0. The molecule has 1 atom stereocenters. The first-order chi connectivity index (χ1) is 9.65. The summed E-state index contributed by atoms with van der Waals surface area (Å²) in [5.74, 6) is 1.27. The van der Waals surface area contributed by atoms with E-state index in [1.54, 1.807) is 0 Å². The molecule has 1 unspecified atom stereocenters. The standard InChI is InChI=1S/C18H25NS/c1-14(2)12-19-13-17(11-18-5-4-10-20-18)16-8-6-15(3)7-9-16/h4-10,14,17,19H,11-13H2,1-3H3. The minimum Gasteiger partial charge on any atom is -0.316 e. The van der Waals surface area contributed by atoms with Crippen LogP contribution in [0.1, 0.15) is 35.8 Å². The Bertz CT molecular complexity index is 485. The van der Waals surface area contributed by atoms with E-state index in [9.17, 15) is 0 Å². The Morgan fingerprint density at radius 2 is 1.80 bits per heavy atom. The SMILES string of the molecule is Cc1ccc(C(CNCC(C)C)Cc2cccs2)cc1. The van der Waals surface area contributed by atoms with Crippen molar-refractivity contribution in [3.05, 3.63) is 57.8 Å². The third kappa shape index (κ3) is 4.77. The first kappa shape index (κ1) is 15.3. The fraction of sp³-hybridized carbons (Fsp3) is 0.444. The van der Waals surface area contributed by atoms with Crippen molar-refractivity contribution in [1.82, 2.24) is 5.32 Å². The minimum absolute atomic E-state index is 0.563. The maximum absolute atomic E-state index is 3.62. The largest absolute Gasteiger partial charge is 0.316 e. The van der Waals surface area contributed by atoms with Crippen molar-refractivity contribution >= 4 is 11.3 Å². The van der Waals surface area contributed by atoms with Crippen molar-refractivity contribution in [3.8, 4) is 0 Å². The molecule has 0 bridgehead atoms. The van der Waals surface area contributed by atoms with Crippen LogP contribution < -0.4 is 5.32 Å². The van der Waals surface area contributed by atoms with Crippen LogP contribution in [0, 0.1) is 12.8 Å². The van der Waals surface area contributed by atoms with Crippen LogP contribution in [0.2, 0.25) is 0 Å². The highest BCUT2D eigenvalue weighted by Gasteiger charge is 2.13. The zero-order chi connectivity index (χ0) is 14.4. The van der Waals surface area contributed by atoms with Gasteiger partial charge in [0.15, 0.2) is 0 Å². The predicted molar refractivity (Wildman–Crippen MR) is 89.7 cm³/mol. The van der Waals surface area contributed by atoms with Gasteiger partial charge in [0, 0.05) is 17.3 Å². The first-order valence-corrected chi connectivity index (χ1v) is 8.32. The molecule has 20 heavy (non-hydrogen) atoms. The van der Waals surface area contributed by atoms with Gasteiger partial charge in [-0.2, -0.15) is 0 Å². The van der Waals surface area contributed by atoms with Gasteiger partial charge in [-0.3, -0.25) is 0 Å². The van der Waals surface area contributed by atoms with Crippen LogP contribution in [0.25, 0.3) is 0 Å². The number of hydrogen-bond acceptors (Lipinski definition) is 2. The highest BCUT2D eigenvalue weighted by molar-refractivity contribution is 7.09. The molecule has 0 spiro atoms. The van der Waals surface area contributed by atoms with E-state index in [0.29, 0.717) is 11.8 Å². The van der Waals surface area contributed by atoms with E-state index in [2.05, 4.69) is 67.9 Å². The van der Waals surface area contributed by atoms with Crippen molar-refractivity contribution in [1.29, 1.82) is 0 Å². The van der Waals surface area contributed by atoms with Gasteiger partial charge in [0.05, 0.1) is 0 Å². The fourth-order valence-corrected chi connectivity index (χ4v) is 3.15. The maximum atomic E-state index is 3.62. The van der Waals surface area contributed by atoms with Crippen LogP contribution in [0.4, 0.5) is 0 Å². The van der Waals surface area contributed by atoms with Crippen LogP contribution in [0.3, 0.4) is 0 Å². The van der Waals surface area contributed by atoms with E-state index >= 15 is 0 Å². The third-order valence-electron chi connectivity index (χ3n) is 3.52. The molecule has 0 amide bonds. The molecule has 108 valence electrons. The quantitative estimate of drug-likeness (QED) is 0.783. The molecule has 0 aliphatic heterocycles. The van der Waals surface area contributed by atoms with E-state index < -0.39 is 0 Å². The molecule has 0 fully saturated rings. The topological polar surface area (TPSA) is 12.0 Å². The Morgan fingerprint density at radius 1 is 1.05 bits per heavy atom. The second-order valence-electron chi connectivity index (χ2n) is 5.94. The molecule has 0 saturated heterocycles. The van der Waals surface area contributed by atoms with Crippen molar-refractivity contribution < 1.29 is 0 Å². The Balaban J connectivity index is 2.04. The van der Waals surface area contributed by atoms with Gasteiger partial charge in [0.1, 0.15) is 0 Å². The number of rotatable bonds is 7. The van der Waals surface area contributed by atoms with Crippen LogP contribution >= 0.6 is 11.3 Å². The van der Waals surface area contributed by atoms with Crippen LogP contribution in [-0.4, -0.2) is 13.1 Å². The van der Waals surface area contributed by atoms with Gasteiger partial charge in [-0.25, -0.2) is 0 Å². The molecular weight excluding hydrogens is 262 g/mol. The number of benzene rings is 1. The molecule has 2 aromatic rings. The molecule has 0 aliphatic rings. The second-order valence-corrected chi connectivity index (χ2v) is 6.98. The summed E-state index contributed by atoms with van der Waals surface area (Å²) in [4.78, 5) is 1.47. The number of thiophene rings is 1. The van der Waals surface area contributed by atoms with Crippen LogP contribution in [-0.2, 0) is 6.42 Å². The second kappa shape index (κ2) is 7.61. The van der Waals surface area contributed by atoms with E-state index in [0.717, 1.165) is 19.5 Å². The summed E-state index contributed by atoms with van der Waals surface area (Å²) in [6, 6.07) is 13.4. The van der Waals surface area contributed by atoms with Gasteiger partial charge in [-0.15, -0.1) is 11.3 Å². The van der Waals surface area contributed by atoms with Gasteiger partial charge < -0.3 is 5.32 Å². The Labute approximate surface area is 127 Å². The van der Waals surface area contributed by atoms with Crippen LogP contribution in [0.5, 0.6) is 0 Å². The Morgan fingerprint density at radius 3 is 2.40 bits per heavy atom. The molecule has 0 aliphatic carbocycles. The van der Waals surface area contributed by atoms with Gasteiger partial charge in [0.2, 0.25) is 0 Å². The smallest absolute Gasteiger partial charge is 0.00517 e. The number of aryl methyl sites for hydroxylation is 1. The monoisotopic (exact) mass is 287 g/mol. The van der Waals surface area contributed by atoms with E-state index in [-0.39, 0.29) is 0 Å². The zero-order valence-electron chi connectivity index (χ0n) is 12.7. The van der Waals surface area contributed by atoms with Crippen molar-refractivity contribution in [2.24, 2.45) is 5.92 Å². The maximum Gasteiger partial charge on any atom is 0.00517 e. The highest BCUT2D eigenvalue weighted by atomic mass is 32.1. The molecular formula is C18H25NS. The normalized spacial score (nSPS) is 12.8. The summed E-state index contributed by atoms with van der Waals surface area (Å²) in [5.41, 5.74) is 2.78. The van der Waals surface area contributed by atoms with Crippen molar-refractivity contribution in [2.75, 3.05) is 13.1 Å². The lowest BCUT2D eigenvalue weighted by Crippen LogP contribution is -2.26. The van der Waals surface area contributed by atoms with Crippen molar-refractivity contribution in [2.45, 2.75) is 33.1 Å². The van der Waals surface area contributed by atoms with Crippen molar-refractivity contribution in [3.63, 3.8) is 0 Å². The van der Waals surface area contributed by atoms with Gasteiger partial charge >= 0.3 is 0 Å². The summed E-state index contributed by atoms with van der Waals surface area (Å²) in [6.45, 7) is 8.81. The molecule has 0 saturated carbocycles. The summed E-state index contributed by atoms with van der Waals surface area (Å²) < 4.78 is 0. The van der Waals surface area contributed by atoms with E-state index in [1.165, 1.54) is 16.0 Å². The average molecular weight is 287 g/mol. The van der Waals surface area contributed by atoms with Gasteiger partial charge in [-0.05, 0) is 42.8 Å². The molecule has 1 N–H and O–H groups in total. The Hall–Kier alpha value is -1.12. The zero-order valence-corrected chi connectivity index (χ0v) is 13.5. The number of hydrogen-bond donors (Lipinski definition) is 1. The lowest BCUT2D eigenvalue weighted by atomic mass is 9.94. The molecule has 2 rings (SSSR count). The van der Waals surface area contributed by atoms with E-state index in [1.807, 2.05) is 11.3 Å². The fourth-order valence-electron chi connectivity index (χ4n) is 2.36. The molecule has 1 nitrogen and oxygen atoms in total. The molecule has 1 aromatic heterocycles. The summed E-state index contributed by atoms with van der Waals surface area (Å²) >= 11 is 1.86.